The van der Waals surface area contributed by atoms with Gasteiger partial charge in [0.1, 0.15) is 10.3 Å². The number of amides is 1. The van der Waals surface area contributed by atoms with Crippen molar-refractivity contribution in [1.82, 2.24) is 4.98 Å². The molecule has 0 aliphatic carbocycles. The fourth-order valence-corrected chi connectivity index (χ4v) is 4.16. The van der Waals surface area contributed by atoms with E-state index in [9.17, 15) is 9.00 Å². The second kappa shape index (κ2) is 8.18. The Hall–Kier alpha value is -2.31. The number of aromatic nitrogens is 1. The van der Waals surface area contributed by atoms with Crippen LogP contribution in [0.15, 0.2) is 66.0 Å². The average Bonchev–Trinajstić information content (AvgIpc) is 3.11. The molecule has 128 valence electrons. The summed E-state index contributed by atoms with van der Waals surface area (Å²) in [5.74, 6) is 0.0234. The maximum absolute atomic E-state index is 12.5. The molecule has 0 spiro atoms. The molecule has 1 aromatic heterocycles. The summed E-state index contributed by atoms with van der Waals surface area (Å²) in [6, 6.07) is 19.1. The Morgan fingerprint density at radius 1 is 1.12 bits per heavy atom. The SMILES string of the molecule is C[C@@H](C(=O)Nc1ccccc1)[S@](=O)Cc1csc(-c2ccccc2)n1. The second-order valence-corrected chi connectivity index (χ2v) is 8.15. The van der Waals surface area contributed by atoms with Gasteiger partial charge in [-0.2, -0.15) is 0 Å². The van der Waals surface area contributed by atoms with Crippen LogP contribution in [0.1, 0.15) is 12.6 Å². The van der Waals surface area contributed by atoms with Crippen molar-refractivity contribution in [2.45, 2.75) is 17.9 Å². The number of para-hydroxylation sites is 1. The average molecular weight is 370 g/mol. The van der Waals surface area contributed by atoms with Crippen LogP contribution in [0.4, 0.5) is 5.69 Å². The first-order valence-electron chi connectivity index (χ1n) is 7.86. The van der Waals surface area contributed by atoms with Gasteiger partial charge >= 0.3 is 0 Å². The number of carbonyl (C=O) groups excluding carboxylic acids is 1. The van der Waals surface area contributed by atoms with Gasteiger partial charge in [0, 0.05) is 27.4 Å². The lowest BCUT2D eigenvalue weighted by Crippen LogP contribution is -2.29. The van der Waals surface area contributed by atoms with E-state index in [1.54, 1.807) is 19.1 Å². The molecule has 0 aliphatic heterocycles. The van der Waals surface area contributed by atoms with Crippen LogP contribution < -0.4 is 5.32 Å². The molecule has 6 heteroatoms. The van der Waals surface area contributed by atoms with Crippen molar-refractivity contribution in [1.29, 1.82) is 0 Å². The fourth-order valence-electron chi connectivity index (χ4n) is 2.24. The Bertz CT molecular complexity index is 863. The summed E-state index contributed by atoms with van der Waals surface area (Å²) >= 11 is 1.52. The number of carbonyl (C=O) groups is 1. The number of nitrogens with zero attached hydrogens (tertiary/aromatic N) is 1. The van der Waals surface area contributed by atoms with Gasteiger partial charge in [0.05, 0.1) is 11.4 Å². The summed E-state index contributed by atoms with van der Waals surface area (Å²) in [7, 11) is -1.33. The molecule has 0 unspecified atom stereocenters. The minimum absolute atomic E-state index is 0.247. The zero-order valence-corrected chi connectivity index (χ0v) is 15.3. The zero-order valence-electron chi connectivity index (χ0n) is 13.7. The first-order valence-corrected chi connectivity index (χ1v) is 10.1. The summed E-state index contributed by atoms with van der Waals surface area (Å²) in [5.41, 5.74) is 2.50. The second-order valence-electron chi connectivity index (χ2n) is 5.53. The van der Waals surface area contributed by atoms with Gasteiger partial charge in [0.2, 0.25) is 5.91 Å². The van der Waals surface area contributed by atoms with Crippen molar-refractivity contribution in [2.75, 3.05) is 5.32 Å². The Labute approximate surface area is 153 Å². The van der Waals surface area contributed by atoms with Gasteiger partial charge in [-0.3, -0.25) is 9.00 Å². The quantitative estimate of drug-likeness (QED) is 0.711. The van der Waals surface area contributed by atoms with Crippen molar-refractivity contribution in [3.05, 3.63) is 71.7 Å². The number of benzene rings is 2. The molecule has 3 aromatic rings. The smallest absolute Gasteiger partial charge is 0.239 e. The number of hydrogen-bond donors (Lipinski definition) is 1. The zero-order chi connectivity index (χ0) is 17.6. The van der Waals surface area contributed by atoms with E-state index in [1.807, 2.05) is 53.9 Å². The molecule has 2 aromatic carbocycles. The predicted octanol–water partition coefficient (Wildman–Crippen LogP) is 4.09. The Kier molecular flexibility index (Phi) is 5.73. The summed E-state index contributed by atoms with van der Waals surface area (Å²) in [5, 5.41) is 4.98. The first kappa shape index (κ1) is 17.5. The number of nitrogens with one attached hydrogen (secondary N) is 1. The van der Waals surface area contributed by atoms with Crippen LogP contribution in [-0.2, 0) is 21.3 Å². The van der Waals surface area contributed by atoms with E-state index >= 15 is 0 Å². The first-order chi connectivity index (χ1) is 12.1. The molecule has 1 N–H and O–H groups in total. The third-order valence-corrected chi connectivity index (χ3v) is 6.19. The van der Waals surface area contributed by atoms with Gasteiger partial charge in [-0.25, -0.2) is 4.98 Å². The molecule has 0 radical (unpaired) electrons. The van der Waals surface area contributed by atoms with Crippen molar-refractivity contribution in [2.24, 2.45) is 0 Å². The monoisotopic (exact) mass is 370 g/mol. The standard InChI is InChI=1S/C19H18N2O2S2/c1-14(18(22)20-16-10-6-3-7-11-16)25(23)13-17-12-24-19(21-17)15-8-4-2-5-9-15/h2-12,14H,13H2,1H3,(H,20,22)/t14-,25+/m0/s1. The highest BCUT2D eigenvalue weighted by molar-refractivity contribution is 7.85. The fraction of sp³-hybridized carbons (Fsp3) is 0.158. The van der Waals surface area contributed by atoms with Gasteiger partial charge in [-0.15, -0.1) is 11.3 Å². The van der Waals surface area contributed by atoms with E-state index < -0.39 is 16.0 Å². The lowest BCUT2D eigenvalue weighted by Gasteiger charge is -2.11. The highest BCUT2D eigenvalue weighted by Crippen LogP contribution is 2.24. The van der Waals surface area contributed by atoms with Crippen LogP contribution in [0, 0.1) is 0 Å². The maximum atomic E-state index is 12.5. The van der Waals surface area contributed by atoms with E-state index in [0.717, 1.165) is 16.3 Å². The van der Waals surface area contributed by atoms with Crippen molar-refractivity contribution in [3.63, 3.8) is 0 Å². The van der Waals surface area contributed by atoms with Crippen molar-refractivity contribution >= 4 is 33.7 Å². The molecule has 3 rings (SSSR count). The molecule has 1 amide bonds. The molecule has 25 heavy (non-hydrogen) atoms. The topological polar surface area (TPSA) is 59.1 Å². The van der Waals surface area contributed by atoms with Gasteiger partial charge in [0.25, 0.3) is 0 Å². The van der Waals surface area contributed by atoms with E-state index in [-0.39, 0.29) is 11.7 Å². The molecule has 4 nitrogen and oxygen atoms in total. The third-order valence-electron chi connectivity index (χ3n) is 3.67. The predicted molar refractivity (Wildman–Crippen MR) is 104 cm³/mol. The van der Waals surface area contributed by atoms with Gasteiger partial charge < -0.3 is 5.32 Å². The highest BCUT2D eigenvalue weighted by Gasteiger charge is 2.21. The molecule has 0 fully saturated rings. The van der Waals surface area contributed by atoms with Crippen LogP contribution >= 0.6 is 11.3 Å². The molecule has 2 atom stereocenters. The van der Waals surface area contributed by atoms with Crippen LogP contribution in [0.5, 0.6) is 0 Å². The highest BCUT2D eigenvalue weighted by atomic mass is 32.2. The van der Waals surface area contributed by atoms with Gasteiger partial charge in [-0.05, 0) is 19.1 Å². The lowest BCUT2D eigenvalue weighted by atomic mass is 10.2. The molecule has 0 bridgehead atoms. The molecule has 0 saturated heterocycles. The van der Waals surface area contributed by atoms with Crippen LogP contribution in [-0.4, -0.2) is 20.3 Å². The molecular weight excluding hydrogens is 352 g/mol. The van der Waals surface area contributed by atoms with Crippen molar-refractivity contribution < 1.29 is 9.00 Å². The van der Waals surface area contributed by atoms with Crippen LogP contribution in [0.3, 0.4) is 0 Å². The van der Waals surface area contributed by atoms with Crippen LogP contribution in [0.25, 0.3) is 10.6 Å². The largest absolute Gasteiger partial charge is 0.325 e. The van der Waals surface area contributed by atoms with Crippen molar-refractivity contribution in [3.8, 4) is 10.6 Å². The van der Waals surface area contributed by atoms with E-state index in [4.69, 9.17) is 0 Å². The number of thiazole rings is 1. The number of hydrogen-bond acceptors (Lipinski definition) is 4. The van der Waals surface area contributed by atoms with E-state index in [1.165, 1.54) is 11.3 Å². The van der Waals surface area contributed by atoms with Gasteiger partial charge in [-0.1, -0.05) is 48.5 Å². The Morgan fingerprint density at radius 2 is 1.76 bits per heavy atom. The minimum Gasteiger partial charge on any atom is -0.325 e. The molecule has 1 heterocycles. The molecule has 0 aliphatic rings. The lowest BCUT2D eigenvalue weighted by molar-refractivity contribution is -0.115. The number of anilines is 1. The third kappa shape index (κ3) is 4.61. The van der Waals surface area contributed by atoms with E-state index in [0.29, 0.717) is 5.69 Å². The molecular formula is C19H18N2O2S2. The summed E-state index contributed by atoms with van der Waals surface area (Å²) < 4.78 is 12.5. The summed E-state index contributed by atoms with van der Waals surface area (Å²) in [4.78, 5) is 16.8. The summed E-state index contributed by atoms with van der Waals surface area (Å²) in [6.07, 6.45) is 0. The number of rotatable bonds is 6. The summed E-state index contributed by atoms with van der Waals surface area (Å²) in [6.45, 7) is 1.68. The van der Waals surface area contributed by atoms with Crippen LogP contribution in [0.2, 0.25) is 0 Å². The normalized spacial score (nSPS) is 13.2. The maximum Gasteiger partial charge on any atom is 0.239 e. The van der Waals surface area contributed by atoms with Gasteiger partial charge in [0.15, 0.2) is 0 Å². The van der Waals surface area contributed by atoms with E-state index in [2.05, 4.69) is 10.3 Å². The Morgan fingerprint density at radius 3 is 2.44 bits per heavy atom. The minimum atomic E-state index is -1.33. The molecule has 0 saturated carbocycles. The Balaban J connectivity index is 1.62.